The van der Waals surface area contributed by atoms with Crippen molar-refractivity contribution in [2.75, 3.05) is 6.61 Å². The summed E-state index contributed by atoms with van der Waals surface area (Å²) in [5.41, 5.74) is 2.92. The zero-order chi connectivity index (χ0) is 19.0. The fraction of sp³-hybridized carbons (Fsp3) is 0.0500. The van der Waals surface area contributed by atoms with E-state index in [0.29, 0.717) is 21.5 Å². The molecule has 0 saturated carbocycles. The van der Waals surface area contributed by atoms with Gasteiger partial charge in [0.05, 0.1) is 11.1 Å². The van der Waals surface area contributed by atoms with Gasteiger partial charge in [0.1, 0.15) is 11.6 Å². The van der Waals surface area contributed by atoms with Gasteiger partial charge in [-0.25, -0.2) is 4.39 Å². The minimum Gasteiger partial charge on any atom is -0.484 e. The maximum Gasteiger partial charge on any atom is 0.280 e. The second kappa shape index (κ2) is 6.53. The lowest BCUT2D eigenvalue weighted by Crippen LogP contribution is -2.52. The normalized spacial score (nSPS) is 13.0. The molecule has 0 aliphatic carbocycles. The molecule has 1 N–H and O–H groups in total. The van der Waals surface area contributed by atoms with E-state index in [1.807, 2.05) is 12.1 Å². The highest BCUT2D eigenvalue weighted by Crippen LogP contribution is 2.29. The molecule has 0 fully saturated rings. The fourth-order valence-corrected chi connectivity index (χ4v) is 2.99. The van der Waals surface area contributed by atoms with Crippen LogP contribution in [0, 0.1) is 5.82 Å². The van der Waals surface area contributed by atoms with Gasteiger partial charge in [0.15, 0.2) is 6.61 Å². The minimum absolute atomic E-state index is 0.163. The first-order valence-electron chi connectivity index (χ1n) is 8.13. The lowest BCUT2D eigenvalue weighted by Gasteiger charge is -2.27. The van der Waals surface area contributed by atoms with E-state index in [4.69, 9.17) is 4.74 Å². The average Bonchev–Trinajstić information content (AvgIpc) is 2.67. The van der Waals surface area contributed by atoms with Crippen molar-refractivity contribution in [1.29, 1.82) is 0 Å². The molecule has 0 radical (unpaired) electrons. The van der Waals surface area contributed by atoms with E-state index in [0.717, 1.165) is 11.5 Å². The first-order chi connectivity index (χ1) is 13.0. The summed E-state index contributed by atoms with van der Waals surface area (Å²) in [4.78, 5) is 37.5. The van der Waals surface area contributed by atoms with Gasteiger partial charge in [0, 0.05) is 11.5 Å². The van der Waals surface area contributed by atoms with E-state index >= 15 is 0 Å². The summed E-state index contributed by atoms with van der Waals surface area (Å²) >= 11 is 0. The molecule has 0 unspecified atom stereocenters. The summed E-state index contributed by atoms with van der Waals surface area (Å²) in [5, 5.41) is 2.01. The van der Waals surface area contributed by atoms with Gasteiger partial charge in [-0.1, -0.05) is 30.3 Å². The standard InChI is InChI=1S/C20H13FN2O4/c21-13-6-3-7-14(10-13)27-11-17(24)22-23-19(25)15-8-1-4-12-5-2-9-16(18(12)15)20(23)26/h1-10H,11H2,(H,22,24). The molecular formula is C20H13FN2O4. The Hall–Kier alpha value is -3.74. The van der Waals surface area contributed by atoms with Crippen LogP contribution in [0.1, 0.15) is 20.7 Å². The molecule has 1 heterocycles. The number of nitrogens with zero attached hydrogens (tertiary/aromatic N) is 1. The summed E-state index contributed by atoms with van der Waals surface area (Å²) in [6.45, 7) is -0.480. The monoisotopic (exact) mass is 364 g/mol. The largest absolute Gasteiger partial charge is 0.484 e. The number of nitrogens with one attached hydrogen (secondary N) is 1. The molecule has 1 aliphatic heterocycles. The molecular weight excluding hydrogens is 351 g/mol. The Morgan fingerprint density at radius 3 is 2.22 bits per heavy atom. The van der Waals surface area contributed by atoms with Crippen molar-refractivity contribution >= 4 is 28.5 Å². The van der Waals surface area contributed by atoms with Crippen LogP contribution in [0.15, 0.2) is 60.7 Å². The van der Waals surface area contributed by atoms with Crippen molar-refractivity contribution in [2.45, 2.75) is 0 Å². The van der Waals surface area contributed by atoms with Crippen molar-refractivity contribution in [2.24, 2.45) is 0 Å². The number of rotatable bonds is 4. The van der Waals surface area contributed by atoms with E-state index in [1.165, 1.54) is 18.2 Å². The van der Waals surface area contributed by atoms with E-state index in [2.05, 4.69) is 5.43 Å². The van der Waals surface area contributed by atoms with Crippen LogP contribution in [0.3, 0.4) is 0 Å². The SMILES string of the molecule is O=C(COc1cccc(F)c1)NN1C(=O)c2cccc3cccc(c23)C1=O. The number of carbonyl (C=O) groups is 3. The van der Waals surface area contributed by atoms with Gasteiger partial charge in [-0.3, -0.25) is 19.8 Å². The maximum absolute atomic E-state index is 13.1. The van der Waals surface area contributed by atoms with Gasteiger partial charge < -0.3 is 4.74 Å². The Bertz CT molecular complexity index is 1050. The van der Waals surface area contributed by atoms with Crippen molar-refractivity contribution in [3.8, 4) is 5.75 Å². The minimum atomic E-state index is -0.715. The Morgan fingerprint density at radius 1 is 0.963 bits per heavy atom. The number of halogens is 1. The van der Waals surface area contributed by atoms with Crippen molar-refractivity contribution in [1.82, 2.24) is 10.4 Å². The summed E-state index contributed by atoms with van der Waals surface area (Å²) in [6, 6.07) is 15.5. The lowest BCUT2D eigenvalue weighted by molar-refractivity contribution is -0.126. The number of ether oxygens (including phenoxy) is 1. The number of imide groups is 1. The molecule has 134 valence electrons. The fourth-order valence-electron chi connectivity index (χ4n) is 2.99. The van der Waals surface area contributed by atoms with Crippen LogP contribution in [0.5, 0.6) is 5.75 Å². The Kier molecular flexibility index (Phi) is 4.04. The molecule has 4 rings (SSSR count). The number of benzene rings is 3. The molecule has 0 saturated heterocycles. The van der Waals surface area contributed by atoms with Crippen LogP contribution >= 0.6 is 0 Å². The molecule has 3 amide bonds. The third-order valence-corrected chi connectivity index (χ3v) is 4.17. The maximum atomic E-state index is 13.1. The number of hydrogen-bond acceptors (Lipinski definition) is 4. The zero-order valence-corrected chi connectivity index (χ0v) is 13.9. The molecule has 3 aromatic carbocycles. The average molecular weight is 364 g/mol. The quantitative estimate of drug-likeness (QED) is 0.722. The van der Waals surface area contributed by atoms with Crippen LogP contribution < -0.4 is 10.2 Å². The highest BCUT2D eigenvalue weighted by molar-refractivity contribution is 6.25. The number of hydrogen-bond donors (Lipinski definition) is 1. The Balaban J connectivity index is 1.54. The first-order valence-corrected chi connectivity index (χ1v) is 8.13. The summed E-state index contributed by atoms with van der Waals surface area (Å²) in [6.07, 6.45) is 0. The highest BCUT2D eigenvalue weighted by Gasteiger charge is 2.34. The topological polar surface area (TPSA) is 75.7 Å². The van der Waals surface area contributed by atoms with Crippen LogP contribution in [0.4, 0.5) is 4.39 Å². The van der Waals surface area contributed by atoms with Crippen LogP contribution in [-0.2, 0) is 4.79 Å². The van der Waals surface area contributed by atoms with E-state index in [1.54, 1.807) is 24.3 Å². The molecule has 27 heavy (non-hydrogen) atoms. The van der Waals surface area contributed by atoms with E-state index < -0.39 is 30.1 Å². The van der Waals surface area contributed by atoms with E-state index in [9.17, 15) is 18.8 Å². The molecule has 7 heteroatoms. The van der Waals surface area contributed by atoms with Gasteiger partial charge in [-0.2, -0.15) is 5.01 Å². The smallest absolute Gasteiger partial charge is 0.280 e. The Morgan fingerprint density at radius 2 is 1.59 bits per heavy atom. The van der Waals surface area contributed by atoms with E-state index in [-0.39, 0.29) is 5.75 Å². The molecule has 6 nitrogen and oxygen atoms in total. The number of amides is 3. The van der Waals surface area contributed by atoms with Crippen molar-refractivity contribution in [3.63, 3.8) is 0 Å². The van der Waals surface area contributed by atoms with Crippen molar-refractivity contribution in [3.05, 3.63) is 77.6 Å². The highest BCUT2D eigenvalue weighted by atomic mass is 19.1. The predicted molar refractivity (Wildman–Crippen MR) is 94.5 cm³/mol. The third-order valence-electron chi connectivity index (χ3n) is 4.17. The first kappa shape index (κ1) is 16.7. The third kappa shape index (κ3) is 2.99. The van der Waals surface area contributed by atoms with Gasteiger partial charge >= 0.3 is 0 Å². The summed E-state index contributed by atoms with van der Waals surface area (Å²) in [5.74, 6) is -2.30. The number of hydrazine groups is 1. The molecule has 3 aromatic rings. The van der Waals surface area contributed by atoms with Gasteiger partial charge in [-0.15, -0.1) is 0 Å². The molecule has 0 atom stereocenters. The van der Waals surface area contributed by atoms with Gasteiger partial charge in [-0.05, 0) is 29.7 Å². The number of carbonyl (C=O) groups excluding carboxylic acids is 3. The van der Waals surface area contributed by atoms with Gasteiger partial charge in [0.2, 0.25) is 0 Å². The van der Waals surface area contributed by atoms with Gasteiger partial charge in [0.25, 0.3) is 17.7 Å². The second-order valence-electron chi connectivity index (χ2n) is 5.94. The summed E-state index contributed by atoms with van der Waals surface area (Å²) in [7, 11) is 0. The summed E-state index contributed by atoms with van der Waals surface area (Å²) < 4.78 is 18.3. The lowest BCUT2D eigenvalue weighted by atomic mass is 9.95. The molecule has 0 bridgehead atoms. The van der Waals surface area contributed by atoms with Crippen molar-refractivity contribution < 1.29 is 23.5 Å². The Labute approximate surface area is 153 Å². The molecule has 0 aromatic heterocycles. The molecule has 1 aliphatic rings. The molecule has 0 spiro atoms. The second-order valence-corrected chi connectivity index (χ2v) is 5.94. The van der Waals surface area contributed by atoms with Crippen LogP contribution in [0.25, 0.3) is 10.8 Å². The van der Waals surface area contributed by atoms with Crippen LogP contribution in [-0.4, -0.2) is 29.3 Å². The zero-order valence-electron chi connectivity index (χ0n) is 13.9. The predicted octanol–water partition coefficient (Wildman–Crippen LogP) is 2.69. The van der Waals surface area contributed by atoms with Crippen LogP contribution in [0.2, 0.25) is 0 Å².